The minimum Gasteiger partial charge on any atom is -0.377 e. The Morgan fingerprint density at radius 2 is 2.16 bits per heavy atom. The quantitative estimate of drug-likeness (QED) is 0.835. The van der Waals surface area contributed by atoms with Gasteiger partial charge in [0, 0.05) is 31.5 Å². The van der Waals surface area contributed by atoms with Crippen LogP contribution >= 0.6 is 11.8 Å². The van der Waals surface area contributed by atoms with E-state index in [1.54, 1.807) is 7.11 Å². The highest BCUT2D eigenvalue weighted by Gasteiger charge is 2.26. The molecule has 0 saturated heterocycles. The van der Waals surface area contributed by atoms with E-state index in [-0.39, 0.29) is 0 Å². The first-order chi connectivity index (χ1) is 9.26. The predicted octanol–water partition coefficient (Wildman–Crippen LogP) is 2.36. The van der Waals surface area contributed by atoms with E-state index >= 15 is 0 Å². The van der Waals surface area contributed by atoms with Crippen LogP contribution in [0.1, 0.15) is 25.1 Å². The molecule has 1 aliphatic rings. The molecule has 19 heavy (non-hydrogen) atoms. The standard InChI is InChI=1S/C13H22N4OS/c1-14-11-7-12(17-13(16-11)8-18-2)15-9-5-4-6-10(9)19-3/h7,9-10H,4-6,8H2,1-3H3,(H2,14,15,16,17). The summed E-state index contributed by atoms with van der Waals surface area (Å²) in [5, 5.41) is 7.29. The molecule has 1 aliphatic carbocycles. The van der Waals surface area contributed by atoms with Crippen LogP contribution in [-0.2, 0) is 11.3 Å². The number of nitrogens with zero attached hydrogens (tertiary/aromatic N) is 2. The van der Waals surface area contributed by atoms with Gasteiger partial charge < -0.3 is 15.4 Å². The van der Waals surface area contributed by atoms with Gasteiger partial charge in [0.25, 0.3) is 0 Å². The number of thioether (sulfide) groups is 1. The number of rotatable bonds is 6. The fourth-order valence-corrected chi connectivity index (χ4v) is 3.39. The third-order valence-electron chi connectivity index (χ3n) is 3.39. The molecule has 1 heterocycles. The van der Waals surface area contributed by atoms with Crippen LogP contribution in [0, 0.1) is 0 Å². The molecule has 0 radical (unpaired) electrons. The summed E-state index contributed by atoms with van der Waals surface area (Å²) in [5.74, 6) is 2.41. The summed E-state index contributed by atoms with van der Waals surface area (Å²) in [6.07, 6.45) is 5.97. The SMILES string of the molecule is CNc1cc(NC2CCCC2SC)nc(COC)n1. The molecule has 2 atom stereocenters. The van der Waals surface area contributed by atoms with Gasteiger partial charge in [-0.05, 0) is 19.1 Å². The van der Waals surface area contributed by atoms with Gasteiger partial charge >= 0.3 is 0 Å². The first kappa shape index (κ1) is 14.4. The van der Waals surface area contributed by atoms with Crippen molar-refractivity contribution in [2.45, 2.75) is 37.2 Å². The van der Waals surface area contributed by atoms with E-state index in [0.717, 1.165) is 11.6 Å². The lowest BCUT2D eigenvalue weighted by Crippen LogP contribution is -2.26. The van der Waals surface area contributed by atoms with Crippen LogP contribution < -0.4 is 10.6 Å². The van der Waals surface area contributed by atoms with Gasteiger partial charge in [0.1, 0.15) is 18.2 Å². The number of hydrogen-bond acceptors (Lipinski definition) is 6. The average Bonchev–Trinajstić information content (AvgIpc) is 2.86. The molecular weight excluding hydrogens is 260 g/mol. The maximum Gasteiger partial charge on any atom is 0.158 e. The van der Waals surface area contributed by atoms with E-state index in [4.69, 9.17) is 4.74 Å². The normalized spacial score (nSPS) is 22.5. The molecule has 2 unspecified atom stereocenters. The molecule has 0 amide bonds. The fourth-order valence-electron chi connectivity index (χ4n) is 2.46. The van der Waals surface area contributed by atoms with Crippen molar-refractivity contribution in [2.75, 3.05) is 31.0 Å². The van der Waals surface area contributed by atoms with Gasteiger partial charge in [-0.1, -0.05) is 6.42 Å². The second-order valence-corrected chi connectivity index (χ2v) is 5.77. The highest BCUT2D eigenvalue weighted by Crippen LogP contribution is 2.30. The van der Waals surface area contributed by atoms with Crippen LogP contribution in [0.3, 0.4) is 0 Å². The molecule has 1 fully saturated rings. The van der Waals surface area contributed by atoms with Gasteiger partial charge in [-0.2, -0.15) is 11.8 Å². The number of hydrogen-bond donors (Lipinski definition) is 2. The predicted molar refractivity (Wildman–Crippen MR) is 80.9 cm³/mol. The molecule has 2 rings (SSSR count). The van der Waals surface area contributed by atoms with E-state index in [2.05, 4.69) is 26.9 Å². The molecule has 0 aromatic carbocycles. The minimum atomic E-state index is 0.431. The van der Waals surface area contributed by atoms with Crippen LogP contribution in [0.2, 0.25) is 0 Å². The molecule has 1 saturated carbocycles. The van der Waals surface area contributed by atoms with Gasteiger partial charge in [0.15, 0.2) is 5.82 Å². The van der Waals surface area contributed by atoms with E-state index in [0.29, 0.717) is 23.7 Å². The number of methoxy groups -OCH3 is 1. The summed E-state index contributed by atoms with van der Waals surface area (Å²) >= 11 is 1.94. The van der Waals surface area contributed by atoms with Gasteiger partial charge in [-0.25, -0.2) is 9.97 Å². The average molecular weight is 282 g/mol. The third kappa shape index (κ3) is 3.73. The van der Waals surface area contributed by atoms with E-state index in [1.165, 1.54) is 19.3 Å². The van der Waals surface area contributed by atoms with Gasteiger partial charge in [0.05, 0.1) is 0 Å². The van der Waals surface area contributed by atoms with Gasteiger partial charge in [-0.3, -0.25) is 0 Å². The van der Waals surface area contributed by atoms with Crippen molar-refractivity contribution in [3.8, 4) is 0 Å². The fraction of sp³-hybridized carbons (Fsp3) is 0.692. The van der Waals surface area contributed by atoms with Crippen molar-refractivity contribution in [3.63, 3.8) is 0 Å². The number of ether oxygens (including phenoxy) is 1. The highest BCUT2D eigenvalue weighted by atomic mass is 32.2. The van der Waals surface area contributed by atoms with Crippen molar-refractivity contribution in [1.82, 2.24) is 9.97 Å². The van der Waals surface area contributed by atoms with Crippen LogP contribution in [0.5, 0.6) is 0 Å². The molecule has 1 aromatic rings. The lowest BCUT2D eigenvalue weighted by Gasteiger charge is -2.20. The van der Waals surface area contributed by atoms with Crippen molar-refractivity contribution in [3.05, 3.63) is 11.9 Å². The Balaban J connectivity index is 2.12. The third-order valence-corrected chi connectivity index (χ3v) is 4.56. The van der Waals surface area contributed by atoms with Crippen molar-refractivity contribution in [1.29, 1.82) is 0 Å². The van der Waals surface area contributed by atoms with Crippen molar-refractivity contribution >= 4 is 23.4 Å². The largest absolute Gasteiger partial charge is 0.377 e. The lowest BCUT2D eigenvalue weighted by molar-refractivity contribution is 0.178. The van der Waals surface area contributed by atoms with E-state index < -0.39 is 0 Å². The Morgan fingerprint density at radius 3 is 2.84 bits per heavy atom. The first-order valence-electron chi connectivity index (χ1n) is 6.60. The van der Waals surface area contributed by atoms with Crippen LogP contribution in [0.25, 0.3) is 0 Å². The maximum atomic E-state index is 5.11. The van der Waals surface area contributed by atoms with Crippen LogP contribution in [0.4, 0.5) is 11.6 Å². The highest BCUT2D eigenvalue weighted by molar-refractivity contribution is 7.99. The number of aromatic nitrogens is 2. The molecule has 0 bridgehead atoms. The summed E-state index contributed by atoms with van der Waals surface area (Å²) in [5.41, 5.74) is 0. The Morgan fingerprint density at radius 1 is 1.37 bits per heavy atom. The summed E-state index contributed by atoms with van der Waals surface area (Å²) in [6.45, 7) is 0.431. The monoisotopic (exact) mass is 282 g/mol. The zero-order chi connectivity index (χ0) is 13.7. The smallest absolute Gasteiger partial charge is 0.158 e. The van der Waals surface area contributed by atoms with Crippen LogP contribution in [-0.4, -0.2) is 41.7 Å². The zero-order valence-corrected chi connectivity index (χ0v) is 12.6. The second kappa shape index (κ2) is 6.96. The Hall–Kier alpha value is -1.01. The van der Waals surface area contributed by atoms with Gasteiger partial charge in [-0.15, -0.1) is 0 Å². The zero-order valence-electron chi connectivity index (χ0n) is 11.8. The molecule has 2 N–H and O–H groups in total. The molecule has 1 aromatic heterocycles. The Bertz CT molecular complexity index is 416. The van der Waals surface area contributed by atoms with Crippen molar-refractivity contribution < 1.29 is 4.74 Å². The first-order valence-corrected chi connectivity index (χ1v) is 7.89. The summed E-state index contributed by atoms with van der Waals surface area (Å²) < 4.78 is 5.11. The van der Waals surface area contributed by atoms with Crippen LogP contribution in [0.15, 0.2) is 6.07 Å². The minimum absolute atomic E-state index is 0.431. The molecule has 106 valence electrons. The Kier molecular flexibility index (Phi) is 5.27. The molecule has 6 heteroatoms. The molecule has 5 nitrogen and oxygen atoms in total. The Labute approximate surface area is 118 Å². The topological polar surface area (TPSA) is 59.1 Å². The number of nitrogens with one attached hydrogen (secondary N) is 2. The summed E-state index contributed by atoms with van der Waals surface area (Å²) in [4.78, 5) is 8.87. The van der Waals surface area contributed by atoms with Crippen molar-refractivity contribution in [2.24, 2.45) is 0 Å². The summed E-state index contributed by atoms with van der Waals surface area (Å²) in [7, 11) is 3.52. The summed E-state index contributed by atoms with van der Waals surface area (Å²) in [6, 6.07) is 2.46. The molecule has 0 aliphatic heterocycles. The van der Waals surface area contributed by atoms with E-state index in [1.807, 2.05) is 24.9 Å². The lowest BCUT2D eigenvalue weighted by atomic mass is 10.2. The van der Waals surface area contributed by atoms with Gasteiger partial charge in [0.2, 0.25) is 0 Å². The number of anilines is 2. The van der Waals surface area contributed by atoms with E-state index in [9.17, 15) is 0 Å². The second-order valence-electron chi connectivity index (χ2n) is 4.69. The molecular formula is C13H22N4OS. The molecule has 0 spiro atoms. The maximum absolute atomic E-state index is 5.11.